The van der Waals surface area contributed by atoms with Gasteiger partial charge >= 0.3 is 6.09 Å². The summed E-state index contributed by atoms with van der Waals surface area (Å²) in [6.07, 6.45) is 0.344. The molecule has 2 aromatic carbocycles. The molecule has 1 aliphatic heterocycles. The lowest BCUT2D eigenvalue weighted by Crippen LogP contribution is -2.35. The summed E-state index contributed by atoms with van der Waals surface area (Å²) < 4.78 is 4.75. The number of fused-ring (bicyclic) bond motifs is 1. The van der Waals surface area contributed by atoms with Crippen molar-refractivity contribution in [2.24, 2.45) is 0 Å². The molecule has 0 bridgehead atoms. The van der Waals surface area contributed by atoms with Gasteiger partial charge in [-0.2, -0.15) is 0 Å². The number of carbonyl (C=O) groups excluding carboxylic acids is 2. The SMILES string of the molecule is COC(=O)N1CCc2ccc(NC(=O)c3ccc([N+](=O)[O-])cc3)cc2C1. The van der Waals surface area contributed by atoms with Crippen LogP contribution in [0.2, 0.25) is 0 Å². The van der Waals surface area contributed by atoms with E-state index in [2.05, 4.69) is 5.32 Å². The largest absolute Gasteiger partial charge is 0.453 e. The molecule has 0 saturated carbocycles. The Morgan fingerprint density at radius 3 is 2.54 bits per heavy atom. The summed E-state index contributed by atoms with van der Waals surface area (Å²) >= 11 is 0. The molecule has 1 aliphatic rings. The summed E-state index contributed by atoms with van der Waals surface area (Å²) in [6, 6.07) is 10.9. The van der Waals surface area contributed by atoms with E-state index >= 15 is 0 Å². The highest BCUT2D eigenvalue weighted by atomic mass is 16.6. The lowest BCUT2D eigenvalue weighted by atomic mass is 9.99. The van der Waals surface area contributed by atoms with Crippen LogP contribution >= 0.6 is 0 Å². The second-order valence-electron chi connectivity index (χ2n) is 5.88. The number of anilines is 1. The average Bonchev–Trinajstić information content (AvgIpc) is 2.66. The predicted octanol–water partition coefficient (Wildman–Crippen LogP) is 2.97. The van der Waals surface area contributed by atoms with Crippen LogP contribution in [0.5, 0.6) is 0 Å². The number of nitrogens with one attached hydrogen (secondary N) is 1. The fraction of sp³-hybridized carbons (Fsp3) is 0.222. The van der Waals surface area contributed by atoms with Crippen molar-refractivity contribution < 1.29 is 19.2 Å². The van der Waals surface area contributed by atoms with Crippen LogP contribution in [0.15, 0.2) is 42.5 Å². The van der Waals surface area contributed by atoms with Gasteiger partial charge in [0.15, 0.2) is 0 Å². The van der Waals surface area contributed by atoms with Crippen molar-refractivity contribution in [3.05, 3.63) is 69.3 Å². The minimum absolute atomic E-state index is 0.0711. The first-order chi connectivity index (χ1) is 12.5. The molecule has 0 unspecified atom stereocenters. The number of nitro benzene ring substituents is 1. The maximum absolute atomic E-state index is 12.3. The van der Waals surface area contributed by atoms with E-state index in [1.165, 1.54) is 31.4 Å². The summed E-state index contributed by atoms with van der Waals surface area (Å²) in [5.74, 6) is -0.361. The van der Waals surface area contributed by atoms with Crippen LogP contribution in [0.4, 0.5) is 16.2 Å². The minimum Gasteiger partial charge on any atom is -0.453 e. The molecule has 2 amide bonds. The third-order valence-corrected chi connectivity index (χ3v) is 4.25. The van der Waals surface area contributed by atoms with Crippen LogP contribution in [-0.2, 0) is 17.7 Å². The van der Waals surface area contributed by atoms with E-state index in [0.717, 1.165) is 17.5 Å². The van der Waals surface area contributed by atoms with E-state index in [0.29, 0.717) is 24.3 Å². The molecule has 8 nitrogen and oxygen atoms in total. The molecule has 3 rings (SSSR count). The molecule has 0 radical (unpaired) electrons. The number of hydrogen-bond donors (Lipinski definition) is 1. The lowest BCUT2D eigenvalue weighted by molar-refractivity contribution is -0.384. The van der Waals surface area contributed by atoms with Crippen LogP contribution in [0.25, 0.3) is 0 Å². The van der Waals surface area contributed by atoms with Crippen molar-refractivity contribution in [2.45, 2.75) is 13.0 Å². The Kier molecular flexibility index (Phi) is 4.83. The van der Waals surface area contributed by atoms with E-state index in [9.17, 15) is 19.7 Å². The highest BCUT2D eigenvalue weighted by Gasteiger charge is 2.21. The number of nitro groups is 1. The van der Waals surface area contributed by atoms with E-state index in [1.54, 1.807) is 11.0 Å². The Hall–Kier alpha value is -3.42. The van der Waals surface area contributed by atoms with Gasteiger partial charge in [-0.05, 0) is 41.8 Å². The maximum Gasteiger partial charge on any atom is 0.409 e. The molecule has 26 heavy (non-hydrogen) atoms. The normalized spacial score (nSPS) is 12.9. The first-order valence-electron chi connectivity index (χ1n) is 7.98. The number of ether oxygens (including phenoxy) is 1. The Morgan fingerprint density at radius 2 is 1.88 bits per heavy atom. The Balaban J connectivity index is 1.73. The molecule has 2 aromatic rings. The van der Waals surface area contributed by atoms with Crippen molar-refractivity contribution in [1.82, 2.24) is 4.90 Å². The quantitative estimate of drug-likeness (QED) is 0.674. The molecule has 0 spiro atoms. The van der Waals surface area contributed by atoms with Crippen molar-refractivity contribution >= 4 is 23.4 Å². The van der Waals surface area contributed by atoms with Gasteiger partial charge < -0.3 is 15.0 Å². The zero-order valence-corrected chi connectivity index (χ0v) is 14.1. The second-order valence-corrected chi connectivity index (χ2v) is 5.88. The molecule has 8 heteroatoms. The van der Waals surface area contributed by atoms with E-state index < -0.39 is 4.92 Å². The number of non-ortho nitro benzene ring substituents is 1. The number of benzene rings is 2. The van der Waals surface area contributed by atoms with E-state index in [4.69, 9.17) is 4.74 Å². The molecule has 1 N–H and O–H groups in total. The number of amides is 2. The van der Waals surface area contributed by atoms with Gasteiger partial charge in [0.25, 0.3) is 11.6 Å². The molecule has 0 saturated heterocycles. The summed E-state index contributed by atoms with van der Waals surface area (Å²) in [5.41, 5.74) is 2.92. The van der Waals surface area contributed by atoms with Gasteiger partial charge in [-0.25, -0.2) is 4.79 Å². The van der Waals surface area contributed by atoms with Gasteiger partial charge in [0, 0.05) is 36.5 Å². The van der Waals surface area contributed by atoms with Crippen LogP contribution in [-0.4, -0.2) is 35.5 Å². The second kappa shape index (κ2) is 7.22. The van der Waals surface area contributed by atoms with Crippen molar-refractivity contribution in [3.63, 3.8) is 0 Å². The maximum atomic E-state index is 12.3. The zero-order valence-electron chi connectivity index (χ0n) is 14.1. The molecular formula is C18H17N3O5. The molecule has 0 aromatic heterocycles. The van der Waals surface area contributed by atoms with Crippen LogP contribution in [0, 0.1) is 10.1 Å². The van der Waals surface area contributed by atoms with Crippen molar-refractivity contribution in [2.75, 3.05) is 19.0 Å². The Bertz CT molecular complexity index is 864. The predicted molar refractivity (Wildman–Crippen MR) is 94.0 cm³/mol. The van der Waals surface area contributed by atoms with Crippen LogP contribution in [0.1, 0.15) is 21.5 Å². The van der Waals surface area contributed by atoms with Gasteiger partial charge in [-0.3, -0.25) is 14.9 Å². The third-order valence-electron chi connectivity index (χ3n) is 4.25. The first kappa shape index (κ1) is 17.4. The highest BCUT2D eigenvalue weighted by molar-refractivity contribution is 6.04. The number of nitrogens with zero attached hydrogens (tertiary/aromatic N) is 2. The molecule has 134 valence electrons. The molecule has 0 fully saturated rings. The highest BCUT2D eigenvalue weighted by Crippen LogP contribution is 2.23. The lowest BCUT2D eigenvalue weighted by Gasteiger charge is -2.28. The fourth-order valence-electron chi connectivity index (χ4n) is 2.86. The van der Waals surface area contributed by atoms with Crippen LogP contribution < -0.4 is 5.32 Å². The van der Waals surface area contributed by atoms with Gasteiger partial charge in [0.2, 0.25) is 0 Å². The Morgan fingerprint density at radius 1 is 1.15 bits per heavy atom. The van der Waals surface area contributed by atoms with Gasteiger partial charge in [0.1, 0.15) is 0 Å². The van der Waals surface area contributed by atoms with Crippen molar-refractivity contribution in [1.29, 1.82) is 0 Å². The smallest absolute Gasteiger partial charge is 0.409 e. The zero-order chi connectivity index (χ0) is 18.7. The van der Waals surface area contributed by atoms with Crippen LogP contribution in [0.3, 0.4) is 0 Å². The molecule has 0 aliphatic carbocycles. The van der Waals surface area contributed by atoms with Crippen molar-refractivity contribution in [3.8, 4) is 0 Å². The summed E-state index contributed by atoms with van der Waals surface area (Å²) in [5, 5.41) is 13.4. The Labute approximate surface area is 149 Å². The van der Waals surface area contributed by atoms with Gasteiger partial charge in [0.05, 0.1) is 12.0 Å². The third kappa shape index (κ3) is 3.64. The number of hydrogen-bond acceptors (Lipinski definition) is 5. The average molecular weight is 355 g/mol. The van der Waals surface area contributed by atoms with E-state index in [1.807, 2.05) is 12.1 Å². The number of rotatable bonds is 3. The van der Waals surface area contributed by atoms with Gasteiger partial charge in [-0.1, -0.05) is 6.07 Å². The molecule has 0 atom stereocenters. The monoisotopic (exact) mass is 355 g/mol. The molecular weight excluding hydrogens is 338 g/mol. The number of methoxy groups -OCH3 is 1. The summed E-state index contributed by atoms with van der Waals surface area (Å²) in [4.78, 5) is 35.8. The first-order valence-corrected chi connectivity index (χ1v) is 7.98. The topological polar surface area (TPSA) is 102 Å². The fourth-order valence-corrected chi connectivity index (χ4v) is 2.86. The van der Waals surface area contributed by atoms with Gasteiger partial charge in [-0.15, -0.1) is 0 Å². The molecule has 1 heterocycles. The van der Waals surface area contributed by atoms with E-state index in [-0.39, 0.29) is 17.7 Å². The minimum atomic E-state index is -0.516. The standard InChI is InChI=1S/C18H17N3O5/c1-26-18(23)20-9-8-12-2-5-15(10-14(12)11-20)19-17(22)13-3-6-16(7-4-13)21(24)25/h2-7,10H,8-9,11H2,1H3,(H,19,22). The summed E-state index contributed by atoms with van der Waals surface area (Å²) in [6.45, 7) is 1.01. The number of carbonyl (C=O) groups is 2. The summed E-state index contributed by atoms with van der Waals surface area (Å²) in [7, 11) is 1.35.